The summed E-state index contributed by atoms with van der Waals surface area (Å²) in [4.78, 5) is 24.7. The predicted molar refractivity (Wildman–Crippen MR) is 457 cm³/mol. The number of hydrogen-bond donors (Lipinski definition) is 10. The quantitative estimate of drug-likeness (QED) is 0.0336. The van der Waals surface area contributed by atoms with Crippen LogP contribution in [0.15, 0.2) is 170 Å². The molecule has 620 valence electrons. The molecule has 8 aromatic carbocycles. The van der Waals surface area contributed by atoms with Gasteiger partial charge >= 0.3 is 0 Å². The smallest absolute Gasteiger partial charge is 0.181 e. The number of piperidine rings is 2. The molecule has 3 fully saturated rings. The first-order valence-corrected chi connectivity index (χ1v) is 40.2. The number of nitrogens with two attached hydrogens (primary N) is 1. The zero-order valence-electron chi connectivity index (χ0n) is 66.0. The highest BCUT2D eigenvalue weighted by Crippen LogP contribution is 2.37. The molecule has 2 saturated heterocycles. The van der Waals surface area contributed by atoms with E-state index in [2.05, 4.69) is 117 Å². The second-order valence-corrected chi connectivity index (χ2v) is 30.5. The summed E-state index contributed by atoms with van der Waals surface area (Å²) in [6, 6.07) is 41.1. The third-order valence-electron chi connectivity index (χ3n) is 21.8. The second-order valence-electron chi connectivity index (χ2n) is 30.5. The molecule has 0 radical (unpaired) electrons. The number of hydrogen-bond acceptors (Lipinski definition) is 16. The van der Waals surface area contributed by atoms with Crippen molar-refractivity contribution < 1.29 is 35.1 Å². The number of halogens is 8. The number of benzene rings is 8. The van der Waals surface area contributed by atoms with Crippen molar-refractivity contribution in [2.75, 3.05) is 26.2 Å². The molecule has 9 aromatic heterocycles. The summed E-state index contributed by atoms with van der Waals surface area (Å²) >= 11 is 0. The minimum Gasteiger partial charge on any atom is -0.319 e. The first kappa shape index (κ1) is 81.0. The average molecular weight is 1660 g/mol. The number of aromatic nitrogens is 21. The highest BCUT2D eigenvalue weighted by atomic mass is 19.2. The van der Waals surface area contributed by atoms with Crippen molar-refractivity contribution in [3.05, 3.63) is 291 Å². The zero-order valence-corrected chi connectivity index (χ0v) is 66.0. The number of pyridine rings is 1. The molecular formula is C91H80F8N24. The molecule has 32 heteroatoms. The van der Waals surface area contributed by atoms with Gasteiger partial charge in [0, 0.05) is 69.0 Å². The Balaban J connectivity index is 0.000000116. The molecule has 1 saturated carbocycles. The highest BCUT2D eigenvalue weighted by molar-refractivity contribution is 5.96. The van der Waals surface area contributed by atoms with E-state index in [0.717, 1.165) is 117 Å². The molecule has 11 N–H and O–H groups in total. The average Bonchev–Trinajstić information content (AvgIpc) is 1.65. The van der Waals surface area contributed by atoms with Gasteiger partial charge in [0.05, 0.1) is 34.9 Å². The molecule has 0 unspecified atom stereocenters. The third-order valence-corrected chi connectivity index (χ3v) is 21.8. The minimum absolute atomic E-state index is 0.230. The molecule has 2 aliphatic heterocycles. The van der Waals surface area contributed by atoms with E-state index in [0.29, 0.717) is 114 Å². The summed E-state index contributed by atoms with van der Waals surface area (Å²) < 4.78 is 111. The molecule has 24 nitrogen and oxygen atoms in total. The fraction of sp³-hybridized carbons (Fsp3) is 0.198. The summed E-state index contributed by atoms with van der Waals surface area (Å²) in [6.07, 6.45) is 29.0. The number of aromatic amines is 8. The fourth-order valence-corrected chi connectivity index (χ4v) is 15.2. The lowest BCUT2D eigenvalue weighted by molar-refractivity contribution is 0.216. The molecule has 11 heterocycles. The van der Waals surface area contributed by atoms with Crippen LogP contribution in [0.5, 0.6) is 0 Å². The van der Waals surface area contributed by atoms with Crippen LogP contribution >= 0.6 is 0 Å². The van der Waals surface area contributed by atoms with Gasteiger partial charge in [0.2, 0.25) is 0 Å². The molecule has 0 atom stereocenters. The number of rotatable bonds is 19. The van der Waals surface area contributed by atoms with Crippen molar-refractivity contribution in [3.63, 3.8) is 0 Å². The summed E-state index contributed by atoms with van der Waals surface area (Å²) in [5.41, 5.74) is 16.1. The van der Waals surface area contributed by atoms with Crippen LogP contribution in [0.1, 0.15) is 132 Å². The van der Waals surface area contributed by atoms with E-state index >= 15 is 0 Å². The summed E-state index contributed by atoms with van der Waals surface area (Å²) in [5.74, 6) is 2.23. The lowest BCUT2D eigenvalue weighted by atomic mass is 9.94. The highest BCUT2D eigenvalue weighted by Gasteiger charge is 2.35. The maximum atomic E-state index is 14.7. The first-order valence-electron chi connectivity index (χ1n) is 40.2. The van der Waals surface area contributed by atoms with Crippen molar-refractivity contribution in [1.82, 2.24) is 117 Å². The van der Waals surface area contributed by atoms with Gasteiger partial charge in [-0.1, -0.05) is 98.2 Å². The van der Waals surface area contributed by atoms with E-state index in [1.807, 2.05) is 36.4 Å². The van der Waals surface area contributed by atoms with Crippen molar-refractivity contribution in [2.45, 2.75) is 82.7 Å². The summed E-state index contributed by atoms with van der Waals surface area (Å²) in [5, 5.41) is 62.6. The number of fused-ring (bicyclic) bond motifs is 4. The third kappa shape index (κ3) is 19.4. The summed E-state index contributed by atoms with van der Waals surface area (Å²) in [7, 11) is 0. The fourth-order valence-electron chi connectivity index (χ4n) is 15.2. The zero-order chi connectivity index (χ0) is 84.3. The van der Waals surface area contributed by atoms with Gasteiger partial charge in [0.1, 0.15) is 68.6 Å². The van der Waals surface area contributed by atoms with Crippen LogP contribution < -0.4 is 11.1 Å². The van der Waals surface area contributed by atoms with Crippen LogP contribution in [-0.2, 0) is 24.9 Å². The minimum atomic E-state index is -0.493. The molecule has 0 spiro atoms. The standard InChI is InChI=1S/C23H22F2N6.C23H16F2N6.C23H22F2N6.C22H20F2N6/c24-17-4-1-14(2-5-17)3-6-20-18-12-16(13-19(25)22(18)30-28-20)23-27-21(29-31-23)11-15-7-9-26-10-8-15;24-17-6-3-14(4-7-17)5-8-20-18-11-16(12-19(25)22(18)30-28-20)23-27-21(29-31-23)10-15-2-1-9-26-13-15;24-17-7-4-15(5-8-17)6-9-20-18-12-16(13-19(25)22(18)29-27-20)23-26-21(28-30-23)14-31-10-2-1-3-11-31;23-15-6-3-13(4-7-15)5-8-18-16-11-14(12-17(24)19(16)28-27-18)20-26-21(30-29-20)22(25)9-1-2-10-22/h1-6,12-13,15,26H,7-11H2,(H,28,30)(H,27,29,31);1-9,11-13H,10H2,(H,28,30)(H,27,29,31);4-9,12-13H,1-3,10-11,14H2,(H,27,29)(H,26,28,30);3-8,11-12H,1-2,9-10,25H2,(H,27,28)(H,26,29,30)/b6-3+;8-5+;9-6+;8-5+. The SMILES string of the molecule is Fc1ccc(/C=C/c2[nH]nc3c(F)cc(-c4n[nH]c(CC5CCNCC5)n4)cc23)cc1.Fc1ccc(/C=C/c2[nH]nc3c(F)cc(-c4n[nH]c(CN5CCCCC5)n4)cc23)cc1.Fc1ccc(/C=C/c2[nH]nc3c(F)cc(-c4n[nH]c(Cc5cccnc5)n4)cc23)cc1.NC1(c2nc(-c3cc(F)c4n[nH]c(/C=C/c5ccc(F)cc5)c4c3)n[nH]2)CCCC1. The van der Waals surface area contributed by atoms with Crippen LogP contribution in [0.4, 0.5) is 35.1 Å². The molecule has 0 amide bonds. The monoisotopic (exact) mass is 1660 g/mol. The molecule has 123 heavy (non-hydrogen) atoms. The molecule has 17 aromatic rings. The van der Waals surface area contributed by atoms with Crippen molar-refractivity contribution in [3.8, 4) is 45.6 Å². The molecule has 20 rings (SSSR count). The van der Waals surface area contributed by atoms with Crippen LogP contribution in [0.25, 0.3) is 138 Å². The van der Waals surface area contributed by atoms with Gasteiger partial charge in [-0.25, -0.2) is 55.1 Å². The van der Waals surface area contributed by atoms with E-state index in [9.17, 15) is 35.1 Å². The van der Waals surface area contributed by atoms with Gasteiger partial charge < -0.3 is 11.1 Å². The molecule has 3 aliphatic rings. The van der Waals surface area contributed by atoms with Gasteiger partial charge in [-0.05, 0) is 226 Å². The van der Waals surface area contributed by atoms with Gasteiger partial charge in [-0.2, -0.15) is 40.8 Å². The lowest BCUT2D eigenvalue weighted by Gasteiger charge is -2.24. The molecule has 0 bridgehead atoms. The Kier molecular flexibility index (Phi) is 24.2. The Hall–Kier alpha value is -14.4. The Bertz CT molecular complexity index is 6440. The van der Waals surface area contributed by atoms with Crippen LogP contribution in [0.2, 0.25) is 0 Å². The van der Waals surface area contributed by atoms with E-state index < -0.39 is 28.8 Å². The Labute approximate surface area is 697 Å². The van der Waals surface area contributed by atoms with Gasteiger partial charge in [-0.3, -0.25) is 50.7 Å². The van der Waals surface area contributed by atoms with Crippen molar-refractivity contribution in [2.24, 2.45) is 11.7 Å². The lowest BCUT2D eigenvalue weighted by Crippen LogP contribution is -2.34. The van der Waals surface area contributed by atoms with Gasteiger partial charge in [0.25, 0.3) is 0 Å². The van der Waals surface area contributed by atoms with Crippen LogP contribution in [0, 0.1) is 52.5 Å². The maximum Gasteiger partial charge on any atom is 0.181 e. The van der Waals surface area contributed by atoms with Crippen LogP contribution in [-0.4, -0.2) is 138 Å². The maximum absolute atomic E-state index is 14.7. The van der Waals surface area contributed by atoms with E-state index in [1.54, 1.807) is 110 Å². The Morgan fingerprint density at radius 3 is 1.15 bits per heavy atom. The molecular weight excluding hydrogens is 1580 g/mol. The number of nitrogens with one attached hydrogen (secondary N) is 9. The Morgan fingerprint density at radius 1 is 0.382 bits per heavy atom. The van der Waals surface area contributed by atoms with E-state index in [4.69, 9.17) is 5.73 Å². The topological polar surface area (TPSA) is 335 Å². The van der Waals surface area contributed by atoms with Crippen molar-refractivity contribution >= 4 is 92.2 Å². The number of likely N-dealkylation sites (tertiary alicyclic amines) is 1. The first-order chi connectivity index (χ1) is 60.0. The van der Waals surface area contributed by atoms with E-state index in [1.165, 1.54) is 92.1 Å². The Morgan fingerprint density at radius 2 is 0.748 bits per heavy atom. The normalized spacial score (nSPS) is 14.5. The van der Waals surface area contributed by atoms with Crippen LogP contribution in [0.3, 0.4) is 0 Å². The predicted octanol–water partition coefficient (Wildman–Crippen LogP) is 18.4. The molecule has 1 aliphatic carbocycles. The second kappa shape index (κ2) is 36.7. The largest absolute Gasteiger partial charge is 0.319 e. The van der Waals surface area contributed by atoms with Crippen molar-refractivity contribution in [1.29, 1.82) is 0 Å². The van der Waals surface area contributed by atoms with Gasteiger partial charge in [-0.15, -0.1) is 0 Å². The summed E-state index contributed by atoms with van der Waals surface area (Å²) in [6.45, 7) is 4.91. The number of H-pyrrole nitrogens is 8. The van der Waals surface area contributed by atoms with E-state index in [-0.39, 0.29) is 45.3 Å². The van der Waals surface area contributed by atoms with Gasteiger partial charge in [0.15, 0.2) is 46.6 Å². The number of nitrogens with zero attached hydrogens (tertiary/aromatic N) is 14.